The minimum Gasteiger partial charge on any atom is -0.497 e. The molecule has 1 aromatic carbocycles. The Kier molecular flexibility index (Phi) is 4.71. The lowest BCUT2D eigenvalue weighted by molar-refractivity contribution is 0.192. The summed E-state index contributed by atoms with van der Waals surface area (Å²) in [6.07, 6.45) is 0.933. The maximum atomic E-state index is 12.4. The fraction of sp³-hybridized carbons (Fsp3) is 0.353. The van der Waals surface area contributed by atoms with Gasteiger partial charge < -0.3 is 19.7 Å². The SMILES string of the molecule is COc1ccc(OC)c(CNC(=O)N2CCc3sccc3C2)c1. The van der Waals surface area contributed by atoms with Crippen molar-refractivity contribution in [3.63, 3.8) is 0 Å². The predicted octanol–water partition coefficient (Wildman–Crippen LogP) is 3.03. The average molecular weight is 332 g/mol. The van der Waals surface area contributed by atoms with Gasteiger partial charge in [0.2, 0.25) is 0 Å². The van der Waals surface area contributed by atoms with Crippen LogP contribution >= 0.6 is 11.3 Å². The van der Waals surface area contributed by atoms with E-state index in [-0.39, 0.29) is 6.03 Å². The van der Waals surface area contributed by atoms with Gasteiger partial charge in [-0.2, -0.15) is 0 Å². The minimum absolute atomic E-state index is 0.0493. The summed E-state index contributed by atoms with van der Waals surface area (Å²) in [5, 5.41) is 5.06. The van der Waals surface area contributed by atoms with E-state index in [2.05, 4.69) is 16.8 Å². The maximum Gasteiger partial charge on any atom is 0.317 e. The van der Waals surface area contributed by atoms with Crippen molar-refractivity contribution in [1.82, 2.24) is 10.2 Å². The van der Waals surface area contributed by atoms with Gasteiger partial charge in [-0.15, -0.1) is 11.3 Å². The first-order valence-electron chi connectivity index (χ1n) is 7.50. The largest absolute Gasteiger partial charge is 0.497 e. The van der Waals surface area contributed by atoms with E-state index in [1.807, 2.05) is 23.1 Å². The first-order chi connectivity index (χ1) is 11.2. The molecule has 0 unspecified atom stereocenters. The molecule has 0 spiro atoms. The highest BCUT2D eigenvalue weighted by molar-refractivity contribution is 7.10. The summed E-state index contributed by atoms with van der Waals surface area (Å²) in [5.41, 5.74) is 2.16. The number of amides is 2. The monoisotopic (exact) mass is 332 g/mol. The Morgan fingerprint density at radius 2 is 2.17 bits per heavy atom. The number of carbonyl (C=O) groups excluding carboxylic acids is 1. The molecule has 0 radical (unpaired) electrons. The molecule has 0 saturated heterocycles. The molecule has 0 aliphatic carbocycles. The van der Waals surface area contributed by atoms with E-state index in [0.717, 1.165) is 30.0 Å². The van der Waals surface area contributed by atoms with Gasteiger partial charge in [0.25, 0.3) is 0 Å². The summed E-state index contributed by atoms with van der Waals surface area (Å²) >= 11 is 1.77. The van der Waals surface area contributed by atoms with E-state index in [0.29, 0.717) is 13.1 Å². The number of benzene rings is 1. The molecular formula is C17H20N2O3S. The third-order valence-electron chi connectivity index (χ3n) is 4.01. The standard InChI is InChI=1S/C17H20N2O3S/c1-21-14-3-4-15(22-2)13(9-14)10-18-17(20)19-7-5-16-12(11-19)6-8-23-16/h3-4,6,8-9H,5,7,10-11H2,1-2H3,(H,18,20). The number of hydrogen-bond donors (Lipinski definition) is 1. The maximum absolute atomic E-state index is 12.4. The zero-order valence-electron chi connectivity index (χ0n) is 13.3. The topological polar surface area (TPSA) is 50.8 Å². The van der Waals surface area contributed by atoms with Gasteiger partial charge in [0.1, 0.15) is 11.5 Å². The zero-order chi connectivity index (χ0) is 16.2. The number of nitrogens with one attached hydrogen (secondary N) is 1. The lowest BCUT2D eigenvalue weighted by Crippen LogP contribution is -2.42. The third kappa shape index (κ3) is 3.42. The van der Waals surface area contributed by atoms with Crippen LogP contribution in [0.5, 0.6) is 11.5 Å². The van der Waals surface area contributed by atoms with Gasteiger partial charge >= 0.3 is 6.03 Å². The Labute approximate surface area is 139 Å². The first-order valence-corrected chi connectivity index (χ1v) is 8.38. The van der Waals surface area contributed by atoms with Gasteiger partial charge in [-0.3, -0.25) is 0 Å². The molecule has 3 rings (SSSR count). The molecule has 6 heteroatoms. The Bertz CT molecular complexity index is 699. The zero-order valence-corrected chi connectivity index (χ0v) is 14.1. The second-order valence-corrected chi connectivity index (χ2v) is 6.38. The molecule has 23 heavy (non-hydrogen) atoms. The van der Waals surface area contributed by atoms with Gasteiger partial charge in [0.15, 0.2) is 0 Å². The van der Waals surface area contributed by atoms with Crippen molar-refractivity contribution < 1.29 is 14.3 Å². The molecule has 2 aromatic rings. The number of carbonyl (C=O) groups is 1. The van der Waals surface area contributed by atoms with E-state index in [4.69, 9.17) is 9.47 Å². The number of thiophene rings is 1. The van der Waals surface area contributed by atoms with E-state index in [1.165, 1.54) is 10.4 Å². The van der Waals surface area contributed by atoms with Crippen molar-refractivity contribution in [2.45, 2.75) is 19.5 Å². The highest BCUT2D eigenvalue weighted by atomic mass is 32.1. The van der Waals surface area contributed by atoms with E-state index in [9.17, 15) is 4.79 Å². The number of ether oxygens (including phenoxy) is 2. The van der Waals surface area contributed by atoms with Crippen LogP contribution in [-0.4, -0.2) is 31.7 Å². The smallest absolute Gasteiger partial charge is 0.317 e. The van der Waals surface area contributed by atoms with Crippen molar-refractivity contribution in [2.24, 2.45) is 0 Å². The quantitative estimate of drug-likeness (QED) is 0.936. The fourth-order valence-electron chi connectivity index (χ4n) is 2.72. The molecule has 0 bridgehead atoms. The summed E-state index contributed by atoms with van der Waals surface area (Å²) < 4.78 is 10.6. The van der Waals surface area contributed by atoms with Crippen molar-refractivity contribution in [3.8, 4) is 11.5 Å². The lowest BCUT2D eigenvalue weighted by atomic mass is 10.1. The highest BCUT2D eigenvalue weighted by Crippen LogP contribution is 2.25. The number of methoxy groups -OCH3 is 2. The number of hydrogen-bond acceptors (Lipinski definition) is 4. The molecule has 122 valence electrons. The molecule has 5 nitrogen and oxygen atoms in total. The molecule has 0 saturated carbocycles. The van der Waals surface area contributed by atoms with Gasteiger partial charge in [0, 0.05) is 30.1 Å². The Morgan fingerprint density at radius 1 is 1.30 bits per heavy atom. The number of fused-ring (bicyclic) bond motifs is 1. The van der Waals surface area contributed by atoms with E-state index in [1.54, 1.807) is 25.6 Å². The Hall–Kier alpha value is -2.21. The number of urea groups is 1. The molecule has 0 atom stereocenters. The predicted molar refractivity (Wildman–Crippen MR) is 90.2 cm³/mol. The van der Waals surface area contributed by atoms with Crippen molar-refractivity contribution in [3.05, 3.63) is 45.6 Å². The van der Waals surface area contributed by atoms with Crippen LogP contribution in [0.2, 0.25) is 0 Å². The first kappa shape index (κ1) is 15.7. The normalized spacial score (nSPS) is 13.4. The van der Waals surface area contributed by atoms with Crippen molar-refractivity contribution >= 4 is 17.4 Å². The molecule has 1 N–H and O–H groups in total. The van der Waals surface area contributed by atoms with Crippen molar-refractivity contribution in [2.75, 3.05) is 20.8 Å². The Balaban J connectivity index is 1.63. The summed E-state index contributed by atoms with van der Waals surface area (Å²) in [7, 11) is 3.24. The van der Waals surface area contributed by atoms with E-state index >= 15 is 0 Å². The van der Waals surface area contributed by atoms with Gasteiger partial charge in [0.05, 0.1) is 14.2 Å². The third-order valence-corrected chi connectivity index (χ3v) is 5.04. The van der Waals surface area contributed by atoms with Crippen LogP contribution in [0.1, 0.15) is 16.0 Å². The average Bonchev–Trinajstić information content (AvgIpc) is 3.06. The van der Waals surface area contributed by atoms with Crippen LogP contribution in [0, 0.1) is 0 Å². The summed E-state index contributed by atoms with van der Waals surface area (Å²) in [5.74, 6) is 1.49. The second-order valence-electron chi connectivity index (χ2n) is 5.38. The fourth-order valence-corrected chi connectivity index (χ4v) is 3.61. The van der Waals surface area contributed by atoms with Crippen LogP contribution < -0.4 is 14.8 Å². The molecule has 2 amide bonds. The molecule has 1 aliphatic rings. The second kappa shape index (κ2) is 6.91. The summed E-state index contributed by atoms with van der Waals surface area (Å²) in [6, 6.07) is 7.62. The van der Waals surface area contributed by atoms with E-state index < -0.39 is 0 Å². The summed E-state index contributed by atoms with van der Waals surface area (Å²) in [6.45, 7) is 1.85. The van der Waals surface area contributed by atoms with Crippen LogP contribution in [0.3, 0.4) is 0 Å². The molecular weight excluding hydrogens is 312 g/mol. The minimum atomic E-state index is -0.0493. The Morgan fingerprint density at radius 3 is 2.96 bits per heavy atom. The van der Waals surface area contributed by atoms with Crippen molar-refractivity contribution in [1.29, 1.82) is 0 Å². The number of nitrogens with zero attached hydrogens (tertiary/aromatic N) is 1. The van der Waals surface area contributed by atoms with Crippen LogP contribution in [0.25, 0.3) is 0 Å². The summed E-state index contributed by atoms with van der Waals surface area (Å²) in [4.78, 5) is 15.6. The molecule has 0 fully saturated rings. The molecule has 2 heterocycles. The van der Waals surface area contributed by atoms with Gasteiger partial charge in [-0.25, -0.2) is 4.79 Å². The molecule has 1 aliphatic heterocycles. The van der Waals surface area contributed by atoms with Gasteiger partial charge in [-0.1, -0.05) is 0 Å². The van der Waals surface area contributed by atoms with Crippen LogP contribution in [0.15, 0.2) is 29.6 Å². The number of rotatable bonds is 4. The van der Waals surface area contributed by atoms with Crippen LogP contribution in [0.4, 0.5) is 4.79 Å². The molecule has 1 aromatic heterocycles. The highest BCUT2D eigenvalue weighted by Gasteiger charge is 2.21. The lowest BCUT2D eigenvalue weighted by Gasteiger charge is -2.27. The van der Waals surface area contributed by atoms with Crippen LogP contribution in [-0.2, 0) is 19.5 Å². The van der Waals surface area contributed by atoms with Gasteiger partial charge in [-0.05, 0) is 41.6 Å².